The maximum atomic E-state index is 6.02. The molecule has 1 atom stereocenters. The van der Waals surface area contributed by atoms with E-state index in [1.807, 2.05) is 17.8 Å². The standard InChI is InChI=1S/C13H22ClN3/c1-10(17-9-13(14)11(2)16-17)8-15-12-6-4-3-5-7-12/h9-10,12,15H,3-8H2,1-2H3. The Morgan fingerprint density at radius 1 is 1.47 bits per heavy atom. The Bertz CT molecular complexity index is 336. The Morgan fingerprint density at radius 2 is 2.18 bits per heavy atom. The number of nitrogens with zero attached hydrogens (tertiary/aromatic N) is 2. The van der Waals surface area contributed by atoms with E-state index >= 15 is 0 Å². The topological polar surface area (TPSA) is 29.9 Å². The van der Waals surface area contributed by atoms with Crippen LogP contribution in [0.2, 0.25) is 5.02 Å². The number of nitrogens with one attached hydrogen (secondary N) is 1. The molecule has 0 bridgehead atoms. The molecule has 1 fully saturated rings. The zero-order valence-electron chi connectivity index (χ0n) is 10.7. The molecule has 1 aromatic rings. The van der Waals surface area contributed by atoms with Crippen LogP contribution in [-0.4, -0.2) is 22.4 Å². The van der Waals surface area contributed by atoms with E-state index in [4.69, 9.17) is 11.6 Å². The third kappa shape index (κ3) is 3.46. The minimum atomic E-state index is 0.364. The summed E-state index contributed by atoms with van der Waals surface area (Å²) in [5.41, 5.74) is 0.913. The second-order valence-corrected chi connectivity index (χ2v) is 5.54. The highest BCUT2D eigenvalue weighted by molar-refractivity contribution is 6.31. The third-order valence-electron chi connectivity index (χ3n) is 3.62. The lowest BCUT2D eigenvalue weighted by Gasteiger charge is -2.24. The lowest BCUT2D eigenvalue weighted by Crippen LogP contribution is -2.35. The van der Waals surface area contributed by atoms with E-state index in [2.05, 4.69) is 17.3 Å². The van der Waals surface area contributed by atoms with Gasteiger partial charge in [-0.05, 0) is 26.7 Å². The molecule has 0 saturated heterocycles. The van der Waals surface area contributed by atoms with E-state index in [-0.39, 0.29) is 0 Å². The molecule has 2 rings (SSSR count). The molecule has 1 saturated carbocycles. The summed E-state index contributed by atoms with van der Waals surface area (Å²) in [6, 6.07) is 1.07. The summed E-state index contributed by atoms with van der Waals surface area (Å²) >= 11 is 6.02. The van der Waals surface area contributed by atoms with Crippen LogP contribution < -0.4 is 5.32 Å². The van der Waals surface area contributed by atoms with E-state index in [1.54, 1.807) is 0 Å². The molecule has 0 spiro atoms. The van der Waals surface area contributed by atoms with E-state index < -0.39 is 0 Å². The molecular formula is C13H22ClN3. The quantitative estimate of drug-likeness (QED) is 0.895. The Hall–Kier alpha value is -0.540. The number of rotatable bonds is 4. The van der Waals surface area contributed by atoms with E-state index in [0.29, 0.717) is 12.1 Å². The Balaban J connectivity index is 1.82. The summed E-state index contributed by atoms with van der Waals surface area (Å²) in [6.07, 6.45) is 8.72. The number of hydrogen-bond donors (Lipinski definition) is 1. The Labute approximate surface area is 109 Å². The van der Waals surface area contributed by atoms with Crippen molar-refractivity contribution in [2.45, 2.75) is 58.0 Å². The summed E-state index contributed by atoms with van der Waals surface area (Å²) < 4.78 is 1.97. The molecule has 1 aromatic heterocycles. The highest BCUT2D eigenvalue weighted by atomic mass is 35.5. The summed E-state index contributed by atoms with van der Waals surface area (Å²) in [6.45, 7) is 5.10. The van der Waals surface area contributed by atoms with Gasteiger partial charge in [-0.3, -0.25) is 4.68 Å². The molecule has 1 aliphatic carbocycles. The molecule has 1 heterocycles. The van der Waals surface area contributed by atoms with E-state index in [0.717, 1.165) is 17.3 Å². The lowest BCUT2D eigenvalue weighted by molar-refractivity contribution is 0.343. The molecule has 0 aromatic carbocycles. The predicted octanol–water partition coefficient (Wildman–Crippen LogP) is 3.33. The molecule has 1 unspecified atom stereocenters. The van der Waals surface area contributed by atoms with E-state index in [1.165, 1.54) is 32.1 Å². The monoisotopic (exact) mass is 255 g/mol. The fourth-order valence-corrected chi connectivity index (χ4v) is 2.56. The minimum Gasteiger partial charge on any atom is -0.312 e. The van der Waals surface area contributed by atoms with Gasteiger partial charge in [0.2, 0.25) is 0 Å². The molecule has 3 nitrogen and oxygen atoms in total. The van der Waals surface area contributed by atoms with Crippen molar-refractivity contribution in [1.29, 1.82) is 0 Å². The second kappa shape index (κ2) is 5.87. The van der Waals surface area contributed by atoms with Crippen molar-refractivity contribution >= 4 is 11.6 Å². The molecule has 0 amide bonds. The molecule has 1 aliphatic rings. The van der Waals surface area contributed by atoms with Crippen LogP contribution >= 0.6 is 11.6 Å². The van der Waals surface area contributed by atoms with Crippen LogP contribution in [0.4, 0.5) is 0 Å². The van der Waals surface area contributed by atoms with Crippen LogP contribution in [0.25, 0.3) is 0 Å². The highest BCUT2D eigenvalue weighted by Crippen LogP contribution is 2.19. The summed E-state index contributed by atoms with van der Waals surface area (Å²) in [5, 5.41) is 8.82. The molecule has 1 N–H and O–H groups in total. The lowest BCUT2D eigenvalue weighted by atomic mass is 9.95. The van der Waals surface area contributed by atoms with Crippen molar-refractivity contribution in [2.75, 3.05) is 6.54 Å². The fourth-order valence-electron chi connectivity index (χ4n) is 2.42. The number of aryl methyl sites for hydroxylation is 1. The van der Waals surface area contributed by atoms with Gasteiger partial charge in [-0.25, -0.2) is 0 Å². The average Bonchev–Trinajstić information content (AvgIpc) is 2.68. The van der Waals surface area contributed by atoms with Crippen molar-refractivity contribution in [3.63, 3.8) is 0 Å². The summed E-state index contributed by atoms with van der Waals surface area (Å²) in [7, 11) is 0. The maximum absolute atomic E-state index is 6.02. The molecule has 0 aliphatic heterocycles. The van der Waals surface area contributed by atoms with Crippen LogP contribution in [0, 0.1) is 6.92 Å². The minimum absolute atomic E-state index is 0.364. The molecule has 4 heteroatoms. The molecular weight excluding hydrogens is 234 g/mol. The zero-order chi connectivity index (χ0) is 12.3. The van der Waals surface area contributed by atoms with Crippen molar-refractivity contribution < 1.29 is 0 Å². The van der Waals surface area contributed by atoms with Gasteiger partial charge in [-0.2, -0.15) is 5.10 Å². The van der Waals surface area contributed by atoms with Gasteiger partial charge in [-0.15, -0.1) is 0 Å². The molecule has 0 radical (unpaired) electrons. The smallest absolute Gasteiger partial charge is 0.0815 e. The Morgan fingerprint density at radius 3 is 2.76 bits per heavy atom. The van der Waals surface area contributed by atoms with Crippen LogP contribution in [-0.2, 0) is 0 Å². The van der Waals surface area contributed by atoms with Gasteiger partial charge in [0.05, 0.1) is 16.8 Å². The van der Waals surface area contributed by atoms with Gasteiger partial charge in [0.15, 0.2) is 0 Å². The van der Waals surface area contributed by atoms with Gasteiger partial charge in [-0.1, -0.05) is 30.9 Å². The fraction of sp³-hybridized carbons (Fsp3) is 0.769. The van der Waals surface area contributed by atoms with Crippen LogP contribution in [0.1, 0.15) is 50.8 Å². The first-order valence-corrected chi connectivity index (χ1v) is 6.99. The van der Waals surface area contributed by atoms with Crippen LogP contribution in [0.5, 0.6) is 0 Å². The van der Waals surface area contributed by atoms with Crippen LogP contribution in [0.15, 0.2) is 6.20 Å². The van der Waals surface area contributed by atoms with Gasteiger partial charge >= 0.3 is 0 Å². The van der Waals surface area contributed by atoms with Crippen LogP contribution in [0.3, 0.4) is 0 Å². The van der Waals surface area contributed by atoms with Gasteiger partial charge < -0.3 is 5.32 Å². The summed E-state index contributed by atoms with van der Waals surface area (Å²) in [4.78, 5) is 0. The molecule has 96 valence electrons. The first-order valence-electron chi connectivity index (χ1n) is 6.61. The largest absolute Gasteiger partial charge is 0.312 e. The third-order valence-corrected chi connectivity index (χ3v) is 3.99. The Kier molecular flexibility index (Phi) is 4.46. The normalized spacial score (nSPS) is 19.5. The van der Waals surface area contributed by atoms with Gasteiger partial charge in [0, 0.05) is 18.8 Å². The summed E-state index contributed by atoms with van der Waals surface area (Å²) in [5.74, 6) is 0. The number of aromatic nitrogens is 2. The first-order chi connectivity index (χ1) is 8.16. The van der Waals surface area contributed by atoms with Crippen molar-refractivity contribution in [2.24, 2.45) is 0 Å². The van der Waals surface area contributed by atoms with Crippen molar-refractivity contribution in [3.8, 4) is 0 Å². The highest BCUT2D eigenvalue weighted by Gasteiger charge is 2.15. The predicted molar refractivity (Wildman–Crippen MR) is 71.6 cm³/mol. The van der Waals surface area contributed by atoms with E-state index in [9.17, 15) is 0 Å². The molecule has 17 heavy (non-hydrogen) atoms. The number of hydrogen-bond acceptors (Lipinski definition) is 2. The SMILES string of the molecule is Cc1nn(C(C)CNC2CCCCC2)cc1Cl. The zero-order valence-corrected chi connectivity index (χ0v) is 11.5. The van der Waals surface area contributed by atoms with Crippen molar-refractivity contribution in [1.82, 2.24) is 15.1 Å². The van der Waals surface area contributed by atoms with Gasteiger partial charge in [0.25, 0.3) is 0 Å². The maximum Gasteiger partial charge on any atom is 0.0815 e. The average molecular weight is 256 g/mol. The van der Waals surface area contributed by atoms with Gasteiger partial charge in [0.1, 0.15) is 0 Å². The number of halogens is 1. The van der Waals surface area contributed by atoms with Crippen molar-refractivity contribution in [3.05, 3.63) is 16.9 Å². The second-order valence-electron chi connectivity index (χ2n) is 5.13. The first kappa shape index (κ1) is 12.9.